The highest BCUT2D eigenvalue weighted by Gasteiger charge is 2.25. The van der Waals surface area contributed by atoms with Crippen molar-refractivity contribution >= 4 is 10.0 Å². The maximum absolute atomic E-state index is 13.2. The lowest BCUT2D eigenvalue weighted by Crippen LogP contribution is -2.30. The first-order chi connectivity index (χ1) is 9.43. The molecule has 0 aliphatic heterocycles. The molecule has 0 atom stereocenters. The normalized spacial score (nSPS) is 12.0. The summed E-state index contributed by atoms with van der Waals surface area (Å²) in [6.07, 6.45) is 1.53. The minimum atomic E-state index is -3.77. The van der Waals surface area contributed by atoms with Crippen molar-refractivity contribution in [2.24, 2.45) is 0 Å². The largest absolute Gasteiger partial charge is 0.445 e. The molecule has 0 bridgehead atoms. The van der Waals surface area contributed by atoms with E-state index in [4.69, 9.17) is 4.42 Å². The fourth-order valence-corrected chi connectivity index (χ4v) is 3.20. The highest BCUT2D eigenvalue weighted by molar-refractivity contribution is 7.89. The summed E-state index contributed by atoms with van der Waals surface area (Å²) in [6, 6.07) is 4.93. The van der Waals surface area contributed by atoms with Gasteiger partial charge in [0.25, 0.3) is 0 Å². The van der Waals surface area contributed by atoms with E-state index in [1.807, 2.05) is 0 Å². The Kier molecular flexibility index (Phi) is 4.20. The van der Waals surface area contributed by atoms with Gasteiger partial charge in [0.05, 0.1) is 17.6 Å². The molecule has 2 aromatic rings. The Morgan fingerprint density at radius 3 is 2.70 bits per heavy atom. The van der Waals surface area contributed by atoms with Crippen molar-refractivity contribution in [3.8, 4) is 0 Å². The first kappa shape index (κ1) is 14.7. The van der Waals surface area contributed by atoms with Gasteiger partial charge in [0.2, 0.25) is 15.9 Å². The minimum absolute atomic E-state index is 0.0171. The highest BCUT2D eigenvalue weighted by atomic mass is 32.2. The molecule has 5 nitrogen and oxygen atoms in total. The molecule has 0 saturated heterocycles. The highest BCUT2D eigenvalue weighted by Crippen LogP contribution is 2.18. The molecule has 20 heavy (non-hydrogen) atoms. The Balaban J connectivity index is 2.30. The first-order valence-corrected chi connectivity index (χ1v) is 7.54. The fourth-order valence-electron chi connectivity index (χ4n) is 1.77. The van der Waals surface area contributed by atoms with Crippen LogP contribution in [-0.4, -0.2) is 24.3 Å². The second kappa shape index (κ2) is 5.72. The second-order valence-corrected chi connectivity index (χ2v) is 6.19. The van der Waals surface area contributed by atoms with Gasteiger partial charge in [-0.15, -0.1) is 0 Å². The van der Waals surface area contributed by atoms with Crippen molar-refractivity contribution in [3.63, 3.8) is 0 Å². The zero-order chi connectivity index (χ0) is 14.8. The number of oxazole rings is 1. The average Bonchev–Trinajstić information content (AvgIpc) is 2.81. The molecule has 2 rings (SSSR count). The van der Waals surface area contributed by atoms with Crippen molar-refractivity contribution in [2.45, 2.75) is 25.3 Å². The van der Waals surface area contributed by atoms with Crippen LogP contribution in [0.15, 0.2) is 39.8 Å². The standard InChI is InChI=1S/C13H15FN2O3S/c1-3-16(9-13-15-8-10(2)19-13)20(17,18)12-6-4-5-11(14)7-12/h4-8H,3,9H2,1-2H3. The van der Waals surface area contributed by atoms with Crippen LogP contribution in [0.4, 0.5) is 4.39 Å². The van der Waals surface area contributed by atoms with Crippen LogP contribution < -0.4 is 0 Å². The maximum atomic E-state index is 13.2. The molecule has 0 unspecified atom stereocenters. The average molecular weight is 298 g/mol. The van der Waals surface area contributed by atoms with E-state index < -0.39 is 15.8 Å². The molecule has 7 heteroatoms. The lowest BCUT2D eigenvalue weighted by atomic mass is 10.4. The number of hydrogen-bond donors (Lipinski definition) is 0. The molecule has 0 aliphatic rings. The van der Waals surface area contributed by atoms with E-state index in [1.165, 1.54) is 28.7 Å². The summed E-state index contributed by atoms with van der Waals surface area (Å²) in [7, 11) is -3.77. The van der Waals surface area contributed by atoms with Gasteiger partial charge in [-0.1, -0.05) is 13.0 Å². The van der Waals surface area contributed by atoms with Crippen LogP contribution in [0.2, 0.25) is 0 Å². The molecule has 1 heterocycles. The van der Waals surface area contributed by atoms with E-state index >= 15 is 0 Å². The topological polar surface area (TPSA) is 63.4 Å². The molecular formula is C13H15FN2O3S. The third-order valence-electron chi connectivity index (χ3n) is 2.77. The van der Waals surface area contributed by atoms with Gasteiger partial charge in [0.1, 0.15) is 11.6 Å². The molecule has 0 saturated carbocycles. The Morgan fingerprint density at radius 1 is 1.40 bits per heavy atom. The summed E-state index contributed by atoms with van der Waals surface area (Å²) in [5.41, 5.74) is 0. The summed E-state index contributed by atoms with van der Waals surface area (Å²) >= 11 is 0. The zero-order valence-corrected chi connectivity index (χ0v) is 12.0. The van der Waals surface area contributed by atoms with Gasteiger partial charge < -0.3 is 4.42 Å². The van der Waals surface area contributed by atoms with Crippen LogP contribution in [-0.2, 0) is 16.6 Å². The third kappa shape index (κ3) is 3.05. The molecule has 1 aromatic heterocycles. The molecule has 1 aromatic carbocycles. The fraction of sp³-hybridized carbons (Fsp3) is 0.308. The number of benzene rings is 1. The van der Waals surface area contributed by atoms with Crippen LogP contribution >= 0.6 is 0 Å². The van der Waals surface area contributed by atoms with E-state index in [2.05, 4.69) is 4.98 Å². The molecular weight excluding hydrogens is 283 g/mol. The molecule has 0 radical (unpaired) electrons. The SMILES string of the molecule is CCN(Cc1ncc(C)o1)S(=O)(=O)c1cccc(F)c1. The van der Waals surface area contributed by atoms with Gasteiger partial charge in [-0.3, -0.25) is 0 Å². The van der Waals surface area contributed by atoms with Crippen molar-refractivity contribution in [2.75, 3.05) is 6.54 Å². The second-order valence-electron chi connectivity index (χ2n) is 4.25. The molecule has 0 amide bonds. The Morgan fingerprint density at radius 2 is 2.15 bits per heavy atom. The van der Waals surface area contributed by atoms with Gasteiger partial charge in [0.15, 0.2) is 0 Å². The Labute approximate surface area is 117 Å². The van der Waals surface area contributed by atoms with Gasteiger partial charge in [-0.2, -0.15) is 4.31 Å². The quantitative estimate of drug-likeness (QED) is 0.850. The number of nitrogens with zero attached hydrogens (tertiary/aromatic N) is 2. The molecule has 0 N–H and O–H groups in total. The summed E-state index contributed by atoms with van der Waals surface area (Å²) in [5, 5.41) is 0. The maximum Gasteiger partial charge on any atom is 0.243 e. The van der Waals surface area contributed by atoms with E-state index in [0.29, 0.717) is 11.7 Å². The Bertz CT molecular complexity index is 697. The summed E-state index contributed by atoms with van der Waals surface area (Å²) in [4.78, 5) is 3.90. The van der Waals surface area contributed by atoms with E-state index in [0.717, 1.165) is 6.07 Å². The van der Waals surface area contributed by atoms with Gasteiger partial charge in [0, 0.05) is 6.54 Å². The van der Waals surface area contributed by atoms with Gasteiger partial charge >= 0.3 is 0 Å². The number of rotatable bonds is 5. The molecule has 108 valence electrons. The number of aromatic nitrogens is 1. The van der Waals surface area contributed by atoms with Crippen LogP contribution in [0.25, 0.3) is 0 Å². The predicted molar refractivity (Wildman–Crippen MR) is 70.9 cm³/mol. The molecule has 0 aliphatic carbocycles. The smallest absolute Gasteiger partial charge is 0.243 e. The summed E-state index contributed by atoms with van der Waals surface area (Å²) in [5.74, 6) is 0.331. The van der Waals surface area contributed by atoms with Crippen LogP contribution in [0.1, 0.15) is 18.6 Å². The Hall–Kier alpha value is -1.73. The number of halogens is 1. The molecule has 0 fully saturated rings. The van der Waals surface area contributed by atoms with Crippen molar-refractivity contribution in [3.05, 3.63) is 47.9 Å². The van der Waals surface area contributed by atoms with Crippen molar-refractivity contribution < 1.29 is 17.2 Å². The van der Waals surface area contributed by atoms with E-state index in [-0.39, 0.29) is 18.0 Å². The number of hydrogen-bond acceptors (Lipinski definition) is 4. The van der Waals surface area contributed by atoms with Crippen LogP contribution in [0, 0.1) is 12.7 Å². The van der Waals surface area contributed by atoms with E-state index in [9.17, 15) is 12.8 Å². The van der Waals surface area contributed by atoms with Crippen LogP contribution in [0.5, 0.6) is 0 Å². The predicted octanol–water partition coefficient (Wildman–Crippen LogP) is 2.33. The minimum Gasteiger partial charge on any atom is -0.445 e. The lowest BCUT2D eigenvalue weighted by Gasteiger charge is -2.18. The van der Waals surface area contributed by atoms with Gasteiger partial charge in [-0.25, -0.2) is 17.8 Å². The zero-order valence-electron chi connectivity index (χ0n) is 11.2. The molecule has 0 spiro atoms. The monoisotopic (exact) mass is 298 g/mol. The van der Waals surface area contributed by atoms with Crippen molar-refractivity contribution in [1.82, 2.24) is 9.29 Å². The van der Waals surface area contributed by atoms with E-state index in [1.54, 1.807) is 13.8 Å². The number of aryl methyl sites for hydroxylation is 1. The van der Waals surface area contributed by atoms with Crippen LogP contribution in [0.3, 0.4) is 0 Å². The van der Waals surface area contributed by atoms with Gasteiger partial charge in [-0.05, 0) is 25.1 Å². The summed E-state index contributed by atoms with van der Waals surface area (Å²) < 4.78 is 44.5. The lowest BCUT2D eigenvalue weighted by molar-refractivity contribution is 0.360. The summed E-state index contributed by atoms with van der Waals surface area (Å²) in [6.45, 7) is 3.68. The van der Waals surface area contributed by atoms with Crippen molar-refractivity contribution in [1.29, 1.82) is 0 Å². The first-order valence-electron chi connectivity index (χ1n) is 6.10. The number of sulfonamides is 1. The third-order valence-corrected chi connectivity index (χ3v) is 4.68.